The number of hydrogen-bond acceptors (Lipinski definition) is 10. The van der Waals surface area contributed by atoms with Crippen LogP contribution in [0.25, 0.3) is 42.0 Å². The molecule has 1 aromatic carbocycles. The first kappa shape index (κ1) is 16.5. The van der Waals surface area contributed by atoms with E-state index in [9.17, 15) is 20.2 Å². The molecule has 28 heavy (non-hydrogen) atoms. The van der Waals surface area contributed by atoms with Crippen LogP contribution in [0.15, 0.2) is 45.2 Å². The largest absolute Gasteiger partial charge is 0.433 e. The van der Waals surface area contributed by atoms with Gasteiger partial charge in [-0.1, -0.05) is 0 Å². The highest BCUT2D eigenvalue weighted by Gasteiger charge is 2.19. The summed E-state index contributed by atoms with van der Waals surface area (Å²) in [5, 5.41) is 22.6. The second-order valence-corrected chi connectivity index (χ2v) is 7.68. The molecule has 0 fully saturated rings. The van der Waals surface area contributed by atoms with E-state index in [1.165, 1.54) is 46.9 Å². The topological polar surface area (TPSA) is 138 Å². The molecule has 0 spiro atoms. The monoisotopic (exact) mass is 414 g/mol. The minimum Gasteiger partial charge on any atom is -0.398 e. The van der Waals surface area contributed by atoms with Gasteiger partial charge < -0.3 is 8.83 Å². The van der Waals surface area contributed by atoms with E-state index in [0.717, 1.165) is 9.40 Å². The van der Waals surface area contributed by atoms with Crippen LogP contribution in [0.5, 0.6) is 0 Å². The van der Waals surface area contributed by atoms with Crippen molar-refractivity contribution in [2.24, 2.45) is 0 Å². The Morgan fingerprint density at radius 1 is 0.750 bits per heavy atom. The third-order valence-electron chi connectivity index (χ3n) is 3.86. The predicted octanol–water partition coefficient (Wildman–Crippen LogP) is 5.24. The third kappa shape index (κ3) is 2.62. The summed E-state index contributed by atoms with van der Waals surface area (Å²) >= 11 is 2.66. The van der Waals surface area contributed by atoms with Crippen LogP contribution in [0.1, 0.15) is 0 Å². The average Bonchev–Trinajstić information content (AvgIpc) is 3.43. The highest BCUT2D eigenvalue weighted by atomic mass is 32.1. The van der Waals surface area contributed by atoms with E-state index >= 15 is 0 Å². The van der Waals surface area contributed by atoms with Gasteiger partial charge in [-0.05, 0) is 24.3 Å². The molecule has 0 N–H and O–H groups in total. The number of aromatic nitrogens is 2. The van der Waals surface area contributed by atoms with E-state index in [2.05, 4.69) is 9.97 Å². The molecule has 12 heteroatoms. The molecule has 5 aromatic rings. The summed E-state index contributed by atoms with van der Waals surface area (Å²) in [6.07, 6.45) is 0. The first-order valence-corrected chi connectivity index (χ1v) is 9.31. The van der Waals surface area contributed by atoms with E-state index < -0.39 is 9.85 Å². The molecular formula is C16H6N4O6S2. The molecule has 0 unspecified atom stereocenters. The first-order chi connectivity index (χ1) is 13.5. The van der Waals surface area contributed by atoms with Crippen LogP contribution in [0.4, 0.5) is 11.8 Å². The van der Waals surface area contributed by atoms with Crippen LogP contribution in [0.2, 0.25) is 0 Å². The summed E-state index contributed by atoms with van der Waals surface area (Å²) in [6, 6.07) is 9.30. The number of nitrogens with zero attached hydrogens (tertiary/aromatic N) is 4. The summed E-state index contributed by atoms with van der Waals surface area (Å²) in [7, 11) is 0. The first-order valence-electron chi connectivity index (χ1n) is 7.68. The van der Waals surface area contributed by atoms with Crippen molar-refractivity contribution in [3.8, 4) is 21.5 Å². The minimum atomic E-state index is -0.600. The van der Waals surface area contributed by atoms with Crippen LogP contribution in [-0.4, -0.2) is 19.8 Å². The van der Waals surface area contributed by atoms with E-state index in [1.54, 1.807) is 0 Å². The molecule has 5 rings (SSSR count). The number of hydrogen-bond donors (Lipinski definition) is 0. The fourth-order valence-electron chi connectivity index (χ4n) is 2.64. The SMILES string of the molecule is O=[N+]([O-])c1ccc(-c2nc3cc4sc(-c5ccc([N+](=O)[O-])o5)nc4cc3s2)o1. The molecule has 10 nitrogen and oxygen atoms in total. The van der Waals surface area contributed by atoms with Crippen molar-refractivity contribution >= 4 is 54.9 Å². The Labute approximate surface area is 162 Å². The lowest BCUT2D eigenvalue weighted by atomic mass is 10.3. The molecule has 0 saturated heterocycles. The number of nitro groups is 2. The molecule has 0 aliphatic rings. The van der Waals surface area contributed by atoms with Gasteiger partial charge in [0.1, 0.15) is 9.85 Å². The molecular weight excluding hydrogens is 408 g/mol. The molecule has 138 valence electrons. The number of furan rings is 2. The molecule has 0 radical (unpaired) electrons. The fraction of sp³-hybridized carbons (Fsp3) is 0. The Morgan fingerprint density at radius 3 is 1.54 bits per heavy atom. The standard InChI is InChI=1S/C16H6N4O6S2/c21-19(22)13-3-1-9(25-13)15-17-7-5-12-8(6-11(7)27-15)18-16(28-12)10-2-4-14(26-10)20(23)24/h1-6H. The van der Waals surface area contributed by atoms with Crippen molar-refractivity contribution in [3.63, 3.8) is 0 Å². The lowest BCUT2D eigenvalue weighted by molar-refractivity contribution is -0.402. The van der Waals surface area contributed by atoms with Gasteiger partial charge in [0.2, 0.25) is 0 Å². The van der Waals surface area contributed by atoms with Crippen molar-refractivity contribution in [1.29, 1.82) is 0 Å². The summed E-state index contributed by atoms with van der Waals surface area (Å²) in [6.45, 7) is 0. The fourth-order valence-corrected chi connectivity index (χ4v) is 4.53. The summed E-state index contributed by atoms with van der Waals surface area (Å²) in [5.41, 5.74) is 1.40. The maximum Gasteiger partial charge on any atom is 0.433 e. The maximum atomic E-state index is 10.8. The quantitative estimate of drug-likeness (QED) is 0.287. The molecule has 0 aliphatic heterocycles. The Morgan fingerprint density at radius 2 is 1.18 bits per heavy atom. The Kier molecular flexibility index (Phi) is 3.50. The number of thiazole rings is 2. The molecule has 0 atom stereocenters. The smallest absolute Gasteiger partial charge is 0.398 e. The minimum absolute atomic E-state index is 0.327. The van der Waals surface area contributed by atoms with Gasteiger partial charge in [-0.3, -0.25) is 20.2 Å². The van der Waals surface area contributed by atoms with Crippen molar-refractivity contribution < 1.29 is 18.7 Å². The van der Waals surface area contributed by atoms with Gasteiger partial charge in [0.25, 0.3) is 0 Å². The lowest BCUT2D eigenvalue weighted by Crippen LogP contribution is -1.82. The zero-order chi connectivity index (χ0) is 19.4. The number of rotatable bonds is 4. The molecule has 0 saturated carbocycles. The average molecular weight is 414 g/mol. The third-order valence-corrected chi connectivity index (χ3v) is 5.93. The number of benzene rings is 1. The number of fused-ring (bicyclic) bond motifs is 2. The van der Waals surface area contributed by atoms with Crippen LogP contribution in [-0.2, 0) is 0 Å². The highest BCUT2D eigenvalue weighted by Crippen LogP contribution is 2.38. The van der Waals surface area contributed by atoms with Crippen LogP contribution in [0.3, 0.4) is 0 Å². The van der Waals surface area contributed by atoms with E-state index in [-0.39, 0.29) is 11.8 Å². The van der Waals surface area contributed by atoms with Crippen molar-refractivity contribution in [2.45, 2.75) is 0 Å². The predicted molar refractivity (Wildman–Crippen MR) is 102 cm³/mol. The second-order valence-electron chi connectivity index (χ2n) is 5.62. The van der Waals surface area contributed by atoms with Gasteiger partial charge in [0.05, 0.1) is 32.6 Å². The summed E-state index contributed by atoms with van der Waals surface area (Å²) in [4.78, 5) is 29.3. The molecule has 0 amide bonds. The second kappa shape index (κ2) is 5.94. The Bertz CT molecular complexity index is 1240. The molecule has 4 heterocycles. The summed E-state index contributed by atoms with van der Waals surface area (Å²) < 4.78 is 12.1. The van der Waals surface area contributed by atoms with Crippen LogP contribution >= 0.6 is 22.7 Å². The Balaban J connectivity index is 1.56. The molecule has 0 aliphatic carbocycles. The van der Waals surface area contributed by atoms with E-state index in [1.807, 2.05) is 12.1 Å². The van der Waals surface area contributed by atoms with Gasteiger partial charge in [-0.15, -0.1) is 22.7 Å². The van der Waals surface area contributed by atoms with Gasteiger partial charge in [-0.2, -0.15) is 0 Å². The van der Waals surface area contributed by atoms with E-state index in [4.69, 9.17) is 8.83 Å². The van der Waals surface area contributed by atoms with Crippen molar-refractivity contribution in [3.05, 3.63) is 56.6 Å². The summed E-state index contributed by atoms with van der Waals surface area (Å²) in [5.74, 6) is -0.0243. The van der Waals surface area contributed by atoms with Gasteiger partial charge in [-0.25, -0.2) is 9.97 Å². The van der Waals surface area contributed by atoms with Gasteiger partial charge in [0.15, 0.2) is 21.5 Å². The highest BCUT2D eigenvalue weighted by molar-refractivity contribution is 7.23. The van der Waals surface area contributed by atoms with Crippen molar-refractivity contribution in [2.75, 3.05) is 0 Å². The molecule has 4 aromatic heterocycles. The Hall–Kier alpha value is -3.64. The maximum absolute atomic E-state index is 10.8. The van der Waals surface area contributed by atoms with Crippen LogP contribution in [0, 0.1) is 20.2 Å². The lowest BCUT2D eigenvalue weighted by Gasteiger charge is -1.86. The zero-order valence-electron chi connectivity index (χ0n) is 13.5. The van der Waals surface area contributed by atoms with Crippen LogP contribution < -0.4 is 0 Å². The van der Waals surface area contributed by atoms with Crippen molar-refractivity contribution in [1.82, 2.24) is 9.97 Å². The molecule has 0 bridgehead atoms. The zero-order valence-corrected chi connectivity index (χ0v) is 15.2. The normalized spacial score (nSPS) is 11.4. The van der Waals surface area contributed by atoms with Gasteiger partial charge in [0, 0.05) is 0 Å². The van der Waals surface area contributed by atoms with Gasteiger partial charge >= 0.3 is 11.8 Å². The van der Waals surface area contributed by atoms with E-state index in [0.29, 0.717) is 32.6 Å².